The summed E-state index contributed by atoms with van der Waals surface area (Å²) in [5.41, 5.74) is 3.35. The Hall–Kier alpha value is -6.45. The topological polar surface area (TPSA) is 162 Å². The van der Waals surface area contributed by atoms with Crippen LogP contribution in [0.5, 0.6) is 0 Å². The highest BCUT2D eigenvalue weighted by molar-refractivity contribution is 5.98. The Balaban J connectivity index is 0.000000197. The Kier molecular flexibility index (Phi) is 16.9. The molecule has 0 bridgehead atoms. The number of alkyl halides is 2. The minimum absolute atomic E-state index is 0.00435. The number of carboxylic acid groups (broad SMARTS) is 1. The number of carbonyl (C=O) groups excluding carboxylic acids is 3. The predicted octanol–water partition coefficient (Wildman–Crippen LogP) is 8.31. The van der Waals surface area contributed by atoms with Crippen molar-refractivity contribution in [3.63, 3.8) is 0 Å². The third kappa shape index (κ3) is 13.3. The maximum atomic E-state index is 14.4. The Morgan fingerprint density at radius 1 is 0.741 bits per heavy atom. The van der Waals surface area contributed by atoms with Gasteiger partial charge in [-0.1, -0.05) is 39.8 Å². The molecule has 6 aliphatic rings. The Bertz CT molecular complexity index is 3000. The number of hydrogen-bond acceptors (Lipinski definition) is 12. The molecular formula is C60H79F4N11O6. The van der Waals surface area contributed by atoms with Gasteiger partial charge in [0.1, 0.15) is 23.1 Å². The van der Waals surface area contributed by atoms with Crippen LogP contribution >= 0.6 is 0 Å². The van der Waals surface area contributed by atoms with Gasteiger partial charge < -0.3 is 39.2 Å². The fourth-order valence-electron chi connectivity index (χ4n) is 12.5. The Morgan fingerprint density at radius 2 is 1.37 bits per heavy atom. The number of carbonyl (C=O) groups is 4. The van der Waals surface area contributed by atoms with E-state index in [0.29, 0.717) is 61.9 Å². The van der Waals surface area contributed by atoms with Crippen molar-refractivity contribution in [3.05, 3.63) is 106 Å². The van der Waals surface area contributed by atoms with Gasteiger partial charge in [-0.05, 0) is 102 Å². The van der Waals surface area contributed by atoms with E-state index < -0.39 is 34.7 Å². The van der Waals surface area contributed by atoms with Crippen LogP contribution in [0.3, 0.4) is 0 Å². The quantitative estimate of drug-likeness (QED) is 0.143. The van der Waals surface area contributed by atoms with Gasteiger partial charge in [0.2, 0.25) is 11.8 Å². The fraction of sp³-hybridized carbons (Fsp3) is 0.583. The summed E-state index contributed by atoms with van der Waals surface area (Å²) < 4.78 is 61.8. The number of aromatic nitrogens is 3. The summed E-state index contributed by atoms with van der Waals surface area (Å²) in [6.45, 7) is 25.4. The van der Waals surface area contributed by atoms with Gasteiger partial charge in [-0.3, -0.25) is 29.4 Å². The van der Waals surface area contributed by atoms with E-state index in [4.69, 9.17) is 4.74 Å². The number of hydrogen-bond donors (Lipinski definition) is 1. The first kappa shape index (κ1) is 59.2. The molecular weight excluding hydrogens is 1050 g/mol. The number of ether oxygens (including phenoxy) is 1. The largest absolute Gasteiger partial charge is 0.465 e. The second-order valence-corrected chi connectivity index (χ2v) is 25.4. The molecule has 3 aromatic heterocycles. The molecule has 0 spiro atoms. The smallest absolute Gasteiger partial charge is 0.410 e. The monoisotopic (exact) mass is 1130 g/mol. The average Bonchev–Trinajstić information content (AvgIpc) is 4.30. The van der Waals surface area contributed by atoms with Crippen molar-refractivity contribution in [2.75, 3.05) is 99.8 Å². The summed E-state index contributed by atoms with van der Waals surface area (Å²) >= 11 is 0. The first-order chi connectivity index (χ1) is 38.0. The van der Waals surface area contributed by atoms with E-state index in [1.54, 1.807) is 17.3 Å². The van der Waals surface area contributed by atoms with Gasteiger partial charge >= 0.3 is 12.2 Å². The summed E-state index contributed by atoms with van der Waals surface area (Å²) in [4.78, 5) is 81.8. The molecule has 4 atom stereocenters. The second-order valence-electron chi connectivity index (χ2n) is 25.4. The minimum Gasteiger partial charge on any atom is -0.465 e. The molecule has 4 amide bonds. The van der Waals surface area contributed by atoms with Crippen molar-refractivity contribution < 1.29 is 46.6 Å². The molecule has 3 saturated heterocycles. The van der Waals surface area contributed by atoms with E-state index in [-0.39, 0.29) is 79.1 Å². The third-order valence-electron chi connectivity index (χ3n) is 16.7. The summed E-state index contributed by atoms with van der Waals surface area (Å²) in [7, 11) is 0. The molecule has 0 radical (unpaired) electrons. The number of pyridine rings is 3. The van der Waals surface area contributed by atoms with Crippen LogP contribution in [-0.4, -0.2) is 183 Å². The van der Waals surface area contributed by atoms with Crippen LogP contribution in [0.25, 0.3) is 0 Å². The first-order valence-electron chi connectivity index (χ1n) is 28.4. The summed E-state index contributed by atoms with van der Waals surface area (Å²) in [5.74, 6) is -3.63. The van der Waals surface area contributed by atoms with Crippen molar-refractivity contribution in [2.45, 2.75) is 141 Å². The molecule has 21 heteroatoms. The van der Waals surface area contributed by atoms with Crippen LogP contribution in [0.2, 0.25) is 0 Å². The lowest BCUT2D eigenvalue weighted by Crippen LogP contribution is -2.63. The lowest BCUT2D eigenvalue weighted by Gasteiger charge is -2.46. The maximum Gasteiger partial charge on any atom is 0.410 e. The summed E-state index contributed by atoms with van der Waals surface area (Å²) in [6.07, 6.45) is 6.82. The normalized spacial score (nSPS) is 22.8. The van der Waals surface area contributed by atoms with Crippen LogP contribution in [-0.2, 0) is 43.9 Å². The molecule has 1 aromatic carbocycles. The molecule has 9 heterocycles. The molecule has 0 aliphatic carbocycles. The zero-order chi connectivity index (χ0) is 58.5. The molecule has 17 nitrogen and oxygen atoms in total. The van der Waals surface area contributed by atoms with Crippen molar-refractivity contribution in [1.29, 1.82) is 0 Å². The molecule has 6 aliphatic heterocycles. The number of benzene rings is 1. The molecule has 10 rings (SSSR count). The molecule has 438 valence electrons. The SMILES string of the molecule is C[C@@H]1CN(CC(=O)N2CC(C)(C)c3cnc(Cc4ccc(F)cc4F)cc32)[C@@H](CN2CCCC2)CN1C(=O)OC(C)(C)C.C[C@@H]1CN(CC(=O)N2CC(C)(C)c3ncc(C(C)(F)F)cc32)[C@@H](CN2CCc3cccnc32)CN1C(=O)O. The van der Waals surface area contributed by atoms with Crippen molar-refractivity contribution >= 4 is 41.2 Å². The molecule has 1 N–H and O–H groups in total. The molecule has 4 aromatic rings. The highest BCUT2D eigenvalue weighted by atomic mass is 19.3. The van der Waals surface area contributed by atoms with E-state index in [1.807, 2.05) is 81.4 Å². The highest BCUT2D eigenvalue weighted by Crippen LogP contribution is 2.43. The summed E-state index contributed by atoms with van der Waals surface area (Å²) in [5, 5.41) is 9.78. The van der Waals surface area contributed by atoms with Gasteiger partial charge in [0.25, 0.3) is 5.92 Å². The van der Waals surface area contributed by atoms with Gasteiger partial charge in [0.15, 0.2) is 0 Å². The number of anilines is 3. The number of fused-ring (bicyclic) bond motifs is 3. The molecule has 0 unspecified atom stereocenters. The van der Waals surface area contributed by atoms with Gasteiger partial charge in [0.05, 0.1) is 30.2 Å². The van der Waals surface area contributed by atoms with Crippen molar-refractivity contribution in [1.82, 2.24) is 39.5 Å². The number of amides is 4. The first-order valence-corrected chi connectivity index (χ1v) is 28.4. The summed E-state index contributed by atoms with van der Waals surface area (Å²) in [6, 6.07) is 10.1. The fourth-order valence-corrected chi connectivity index (χ4v) is 12.5. The van der Waals surface area contributed by atoms with Crippen LogP contribution in [0.15, 0.2) is 61.1 Å². The average molecular weight is 1130 g/mol. The van der Waals surface area contributed by atoms with Crippen LogP contribution < -0.4 is 14.7 Å². The van der Waals surface area contributed by atoms with Gasteiger partial charge in [-0.15, -0.1) is 0 Å². The second kappa shape index (κ2) is 23.1. The van der Waals surface area contributed by atoms with Crippen molar-refractivity contribution in [2.24, 2.45) is 0 Å². The van der Waals surface area contributed by atoms with Gasteiger partial charge in [-0.2, -0.15) is 0 Å². The lowest BCUT2D eigenvalue weighted by molar-refractivity contribution is -0.122. The molecule has 81 heavy (non-hydrogen) atoms. The molecule has 3 fully saturated rings. The van der Waals surface area contributed by atoms with E-state index in [1.165, 1.54) is 29.3 Å². The van der Waals surface area contributed by atoms with Crippen molar-refractivity contribution in [3.8, 4) is 0 Å². The third-order valence-corrected chi connectivity index (χ3v) is 16.7. The Labute approximate surface area is 473 Å². The van der Waals surface area contributed by atoms with E-state index in [0.717, 1.165) is 81.1 Å². The number of halogens is 4. The zero-order valence-electron chi connectivity index (χ0n) is 48.5. The number of piperazine rings is 2. The molecule has 0 saturated carbocycles. The van der Waals surface area contributed by atoms with Crippen LogP contribution in [0.4, 0.5) is 44.3 Å². The van der Waals surface area contributed by atoms with E-state index >= 15 is 0 Å². The van der Waals surface area contributed by atoms with E-state index in [9.17, 15) is 41.8 Å². The maximum absolute atomic E-state index is 14.4. The highest BCUT2D eigenvalue weighted by Gasteiger charge is 2.45. The van der Waals surface area contributed by atoms with Crippen LogP contribution in [0.1, 0.15) is 116 Å². The van der Waals surface area contributed by atoms with Gasteiger partial charge in [0, 0.05) is 149 Å². The van der Waals surface area contributed by atoms with Crippen LogP contribution in [0, 0.1) is 11.6 Å². The standard InChI is InChI=1S/C33H45F2N5O3.C27H34F2N6O3/c1-22-17-38(26(18-37-11-7-8-12-37)19-39(22)31(42)43-32(2,3)4)20-30(41)40-21-33(5,6)27-16-36-25(15-29(27)40)13-23-9-10-24(34)14-28(23)35;1-17-12-33(20(14-34(17)25(37)38)13-32-9-7-18-6-5-8-30-24(18)32)15-22(36)35-16-26(2,3)23-21(35)10-19(11-31-23)27(4,28)29/h9-10,14-16,22,26H,7-8,11-13,17-21H2,1-6H3;5-6,8,10-11,17,20H,7,9,12-16H2,1-4H3,(H,37,38)/t22-,26+;17-,20+/m11/s1. The minimum atomic E-state index is -3.07. The van der Waals surface area contributed by atoms with E-state index in [2.05, 4.69) is 43.5 Å². The lowest BCUT2D eigenvalue weighted by atomic mass is 9.88. The Morgan fingerprint density at radius 3 is 2.01 bits per heavy atom. The zero-order valence-corrected chi connectivity index (χ0v) is 48.5. The number of likely N-dealkylation sites (tertiary alicyclic amines) is 1. The number of rotatable bonds is 11. The predicted molar refractivity (Wildman–Crippen MR) is 301 cm³/mol. The number of nitrogens with zero attached hydrogens (tertiary/aromatic N) is 11. The van der Waals surface area contributed by atoms with Gasteiger partial charge in [-0.25, -0.2) is 32.1 Å².